The summed E-state index contributed by atoms with van der Waals surface area (Å²) in [4.78, 5) is 12.3. The molecule has 0 radical (unpaired) electrons. The molecule has 0 aromatic heterocycles. The van der Waals surface area contributed by atoms with Crippen molar-refractivity contribution in [2.75, 3.05) is 25.0 Å². The maximum absolute atomic E-state index is 13.8. The van der Waals surface area contributed by atoms with Crippen molar-refractivity contribution in [2.24, 2.45) is 0 Å². The highest BCUT2D eigenvalue weighted by atomic mass is 19.2. The van der Waals surface area contributed by atoms with Gasteiger partial charge in [-0.2, -0.15) is 0 Å². The summed E-state index contributed by atoms with van der Waals surface area (Å²) < 4.78 is 27.1. The van der Waals surface area contributed by atoms with E-state index >= 15 is 0 Å². The van der Waals surface area contributed by atoms with Crippen LogP contribution in [0.1, 0.15) is 12.8 Å². The van der Waals surface area contributed by atoms with E-state index in [1.54, 1.807) is 0 Å². The monoisotopic (exact) mass is 295 g/mol. The lowest BCUT2D eigenvalue weighted by atomic mass is 10.0. The molecule has 0 amide bonds. The van der Waals surface area contributed by atoms with Crippen molar-refractivity contribution in [1.82, 2.24) is 4.90 Å². The van der Waals surface area contributed by atoms with Crippen molar-refractivity contribution < 1.29 is 13.7 Å². The minimum Gasteiger partial charge on any atom is -0.374 e. The zero-order valence-electron chi connectivity index (χ0n) is 11.3. The number of nitro groups is 1. The van der Waals surface area contributed by atoms with Crippen LogP contribution in [0.3, 0.4) is 0 Å². The fourth-order valence-corrected chi connectivity index (χ4v) is 2.40. The number of nitro benzene ring substituents is 1. The molecule has 0 atom stereocenters. The fourth-order valence-electron chi connectivity index (χ4n) is 2.40. The van der Waals surface area contributed by atoms with Crippen LogP contribution >= 0.6 is 0 Å². The number of halogens is 2. The average Bonchev–Trinajstić information content (AvgIpc) is 2.46. The van der Waals surface area contributed by atoms with E-state index in [4.69, 9.17) is 6.42 Å². The summed E-state index contributed by atoms with van der Waals surface area (Å²) in [7, 11) is 0. The van der Waals surface area contributed by atoms with Crippen LogP contribution in [0.25, 0.3) is 0 Å². The van der Waals surface area contributed by atoms with Crippen molar-refractivity contribution in [3.05, 3.63) is 33.9 Å². The first-order valence-corrected chi connectivity index (χ1v) is 6.57. The number of terminal acetylenes is 1. The first-order valence-electron chi connectivity index (χ1n) is 6.57. The van der Waals surface area contributed by atoms with Gasteiger partial charge < -0.3 is 5.32 Å². The molecular weight excluding hydrogens is 280 g/mol. The van der Waals surface area contributed by atoms with E-state index in [2.05, 4.69) is 16.1 Å². The predicted octanol–water partition coefficient (Wildman–Crippen LogP) is 2.38. The lowest BCUT2D eigenvalue weighted by Crippen LogP contribution is -2.39. The molecule has 1 aliphatic rings. The zero-order valence-corrected chi connectivity index (χ0v) is 11.3. The van der Waals surface area contributed by atoms with Gasteiger partial charge in [-0.15, -0.1) is 6.42 Å². The SMILES string of the molecule is C#CCN1CCC(Nc2c([N+](=O)[O-])ccc(F)c2F)CC1. The van der Waals surface area contributed by atoms with Gasteiger partial charge in [0.15, 0.2) is 17.3 Å². The smallest absolute Gasteiger partial charge is 0.295 e. The van der Waals surface area contributed by atoms with Gasteiger partial charge >= 0.3 is 0 Å². The van der Waals surface area contributed by atoms with Crippen LogP contribution < -0.4 is 5.32 Å². The zero-order chi connectivity index (χ0) is 15.4. The predicted molar refractivity (Wildman–Crippen MR) is 74.9 cm³/mol. The molecule has 21 heavy (non-hydrogen) atoms. The van der Waals surface area contributed by atoms with E-state index in [-0.39, 0.29) is 11.7 Å². The summed E-state index contributed by atoms with van der Waals surface area (Å²) in [5, 5.41) is 13.7. The molecule has 2 rings (SSSR count). The largest absolute Gasteiger partial charge is 0.374 e. The Morgan fingerprint density at radius 3 is 2.67 bits per heavy atom. The van der Waals surface area contributed by atoms with E-state index in [0.717, 1.165) is 12.1 Å². The van der Waals surface area contributed by atoms with E-state index in [0.29, 0.717) is 32.5 Å². The number of likely N-dealkylation sites (tertiary alicyclic amines) is 1. The molecule has 0 bridgehead atoms. The molecule has 1 aliphatic heterocycles. The number of anilines is 1. The van der Waals surface area contributed by atoms with E-state index in [1.165, 1.54) is 0 Å². The third-order valence-electron chi connectivity index (χ3n) is 3.52. The van der Waals surface area contributed by atoms with Crippen molar-refractivity contribution in [3.63, 3.8) is 0 Å². The molecule has 112 valence electrons. The summed E-state index contributed by atoms with van der Waals surface area (Å²) >= 11 is 0. The molecule has 0 spiro atoms. The molecule has 0 unspecified atom stereocenters. The molecule has 1 heterocycles. The molecule has 1 saturated heterocycles. The molecule has 1 N–H and O–H groups in total. The standard InChI is InChI=1S/C14H15F2N3O2/c1-2-7-18-8-5-10(6-9-18)17-14-12(19(20)21)4-3-11(15)13(14)16/h1,3-4,10,17H,5-9H2. The summed E-state index contributed by atoms with van der Waals surface area (Å²) in [6, 6.07) is 1.58. The lowest BCUT2D eigenvalue weighted by Gasteiger charge is -2.31. The summed E-state index contributed by atoms with van der Waals surface area (Å²) in [6.45, 7) is 1.97. The third-order valence-corrected chi connectivity index (χ3v) is 3.52. The molecule has 0 saturated carbocycles. The number of nitrogens with zero attached hydrogens (tertiary/aromatic N) is 2. The van der Waals surface area contributed by atoms with Crippen LogP contribution in [0.2, 0.25) is 0 Å². The second-order valence-corrected chi connectivity index (χ2v) is 4.91. The maximum atomic E-state index is 13.8. The third kappa shape index (κ3) is 3.47. The lowest BCUT2D eigenvalue weighted by molar-refractivity contribution is -0.384. The molecule has 0 aliphatic carbocycles. The van der Waals surface area contributed by atoms with Crippen LogP contribution in [0.5, 0.6) is 0 Å². The molecule has 5 nitrogen and oxygen atoms in total. The Morgan fingerprint density at radius 1 is 1.43 bits per heavy atom. The molecule has 1 aromatic carbocycles. The highest BCUT2D eigenvalue weighted by Crippen LogP contribution is 2.31. The van der Waals surface area contributed by atoms with Gasteiger partial charge in [0.25, 0.3) is 5.69 Å². The quantitative estimate of drug-likeness (QED) is 0.526. The topological polar surface area (TPSA) is 58.4 Å². The van der Waals surface area contributed by atoms with E-state index in [9.17, 15) is 18.9 Å². The molecule has 7 heteroatoms. The summed E-state index contributed by atoms with van der Waals surface area (Å²) in [6.07, 6.45) is 6.56. The Morgan fingerprint density at radius 2 is 2.10 bits per heavy atom. The Kier molecular flexibility index (Phi) is 4.70. The summed E-state index contributed by atoms with van der Waals surface area (Å²) in [5.74, 6) is 0.233. The number of hydrogen-bond donors (Lipinski definition) is 1. The maximum Gasteiger partial charge on any atom is 0.295 e. The van der Waals surface area contributed by atoms with Gasteiger partial charge in [0.1, 0.15) is 0 Å². The van der Waals surface area contributed by atoms with Gasteiger partial charge in [-0.3, -0.25) is 15.0 Å². The van der Waals surface area contributed by atoms with Crippen LogP contribution in [0, 0.1) is 34.1 Å². The van der Waals surface area contributed by atoms with Crippen LogP contribution in [0.4, 0.5) is 20.2 Å². The van der Waals surface area contributed by atoms with Crippen molar-refractivity contribution in [1.29, 1.82) is 0 Å². The first-order chi connectivity index (χ1) is 10.0. The van der Waals surface area contributed by atoms with Gasteiger partial charge in [-0.05, 0) is 18.9 Å². The number of nitrogens with one attached hydrogen (secondary N) is 1. The molecule has 1 aromatic rings. The van der Waals surface area contributed by atoms with Crippen LogP contribution in [0.15, 0.2) is 12.1 Å². The van der Waals surface area contributed by atoms with Crippen molar-refractivity contribution >= 4 is 11.4 Å². The van der Waals surface area contributed by atoms with Crippen LogP contribution in [-0.4, -0.2) is 35.5 Å². The second-order valence-electron chi connectivity index (χ2n) is 4.91. The van der Waals surface area contributed by atoms with Gasteiger partial charge in [0.05, 0.1) is 11.5 Å². The fraction of sp³-hybridized carbons (Fsp3) is 0.429. The van der Waals surface area contributed by atoms with E-state index in [1.807, 2.05) is 0 Å². The number of benzene rings is 1. The Hall–Kier alpha value is -2.20. The molecular formula is C14H15F2N3O2. The average molecular weight is 295 g/mol. The molecule has 1 fully saturated rings. The number of rotatable bonds is 4. The summed E-state index contributed by atoms with van der Waals surface area (Å²) in [5.41, 5.74) is -0.838. The highest BCUT2D eigenvalue weighted by Gasteiger charge is 2.26. The Bertz CT molecular complexity index is 578. The minimum absolute atomic E-state index is 0.144. The number of piperidine rings is 1. The van der Waals surface area contributed by atoms with Gasteiger partial charge in [0.2, 0.25) is 0 Å². The normalized spacial score (nSPS) is 16.4. The van der Waals surface area contributed by atoms with Crippen molar-refractivity contribution in [2.45, 2.75) is 18.9 Å². The van der Waals surface area contributed by atoms with Gasteiger partial charge in [-0.25, -0.2) is 8.78 Å². The second kappa shape index (κ2) is 6.50. The van der Waals surface area contributed by atoms with Gasteiger partial charge in [-0.1, -0.05) is 5.92 Å². The Labute approximate surface area is 121 Å². The van der Waals surface area contributed by atoms with E-state index < -0.39 is 22.2 Å². The minimum atomic E-state index is -1.21. The highest BCUT2D eigenvalue weighted by molar-refractivity contribution is 5.63. The Balaban J connectivity index is 2.12. The first kappa shape index (κ1) is 15.2. The van der Waals surface area contributed by atoms with Crippen LogP contribution in [-0.2, 0) is 0 Å². The number of hydrogen-bond acceptors (Lipinski definition) is 4. The van der Waals surface area contributed by atoms with Crippen molar-refractivity contribution in [3.8, 4) is 12.3 Å². The van der Waals surface area contributed by atoms with Gasteiger partial charge in [0, 0.05) is 25.2 Å².